The van der Waals surface area contributed by atoms with Crippen molar-refractivity contribution in [2.24, 2.45) is 0 Å². The van der Waals surface area contributed by atoms with Crippen LogP contribution >= 0.6 is 0 Å². The zero-order chi connectivity index (χ0) is 22.3. The number of amides is 1. The molecule has 3 rings (SSSR count). The minimum Gasteiger partial charge on any atom is -0.497 e. The lowest BCUT2D eigenvalue weighted by Crippen LogP contribution is -2.37. The number of benzene rings is 2. The van der Waals surface area contributed by atoms with Crippen LogP contribution in [0.15, 0.2) is 53.4 Å². The molecule has 31 heavy (non-hydrogen) atoms. The van der Waals surface area contributed by atoms with Crippen molar-refractivity contribution in [3.05, 3.63) is 54.1 Å². The molecule has 1 atom stereocenters. The van der Waals surface area contributed by atoms with Gasteiger partial charge in [-0.3, -0.25) is 4.79 Å². The second-order valence-corrected chi connectivity index (χ2v) is 9.65. The lowest BCUT2D eigenvalue weighted by Gasteiger charge is -2.20. The van der Waals surface area contributed by atoms with Gasteiger partial charge in [0.1, 0.15) is 18.1 Å². The van der Waals surface area contributed by atoms with Gasteiger partial charge in [-0.25, -0.2) is 8.42 Å². The van der Waals surface area contributed by atoms with Gasteiger partial charge in [-0.2, -0.15) is 4.31 Å². The molecule has 1 fully saturated rings. The Morgan fingerprint density at radius 2 is 1.68 bits per heavy atom. The van der Waals surface area contributed by atoms with Crippen molar-refractivity contribution in [3.63, 3.8) is 0 Å². The Morgan fingerprint density at radius 1 is 1.03 bits per heavy atom. The molecule has 1 N–H and O–H groups in total. The normalized spacial score (nSPS) is 16.2. The first-order valence-electron chi connectivity index (χ1n) is 10.6. The molecule has 1 saturated heterocycles. The summed E-state index contributed by atoms with van der Waals surface area (Å²) in [4.78, 5) is 12.8. The van der Waals surface area contributed by atoms with E-state index in [4.69, 9.17) is 9.47 Å². The van der Waals surface area contributed by atoms with Gasteiger partial charge in [-0.05, 0) is 62.2 Å². The largest absolute Gasteiger partial charge is 0.497 e. The van der Waals surface area contributed by atoms with E-state index in [-0.39, 0.29) is 23.5 Å². The van der Waals surface area contributed by atoms with E-state index in [2.05, 4.69) is 5.32 Å². The van der Waals surface area contributed by atoms with Crippen LogP contribution in [0.25, 0.3) is 0 Å². The molecule has 168 valence electrons. The van der Waals surface area contributed by atoms with E-state index >= 15 is 0 Å². The summed E-state index contributed by atoms with van der Waals surface area (Å²) in [5.41, 5.74) is 0.312. The lowest BCUT2D eigenvalue weighted by atomic mass is 10.2. The molecule has 0 radical (unpaired) electrons. The van der Waals surface area contributed by atoms with E-state index in [1.807, 2.05) is 6.92 Å². The second kappa shape index (κ2) is 10.6. The standard InChI is InChI=1S/C23H30N2O5S/c1-18(17-30-21-12-10-20(29-2)11-13-21)24-23(26)19-8-7-9-22(16-19)31(27,28)25-14-5-3-4-6-15-25/h7-13,16,18H,3-6,14-15,17H2,1-2H3,(H,24,26)/t18-/m1/s1. The number of methoxy groups -OCH3 is 1. The minimum atomic E-state index is -3.60. The predicted octanol–water partition coefficient (Wildman–Crippen LogP) is 3.46. The van der Waals surface area contributed by atoms with Crippen LogP contribution in [0.3, 0.4) is 0 Å². The number of hydrogen-bond acceptors (Lipinski definition) is 5. The van der Waals surface area contributed by atoms with E-state index < -0.39 is 10.0 Å². The number of carbonyl (C=O) groups is 1. The summed E-state index contributed by atoms with van der Waals surface area (Å²) >= 11 is 0. The molecule has 0 unspecified atom stereocenters. The molecule has 0 saturated carbocycles. The van der Waals surface area contributed by atoms with Gasteiger partial charge >= 0.3 is 0 Å². The van der Waals surface area contributed by atoms with Crippen molar-refractivity contribution in [2.45, 2.75) is 43.5 Å². The Morgan fingerprint density at radius 3 is 2.32 bits per heavy atom. The van der Waals surface area contributed by atoms with E-state index in [1.54, 1.807) is 49.6 Å². The van der Waals surface area contributed by atoms with Crippen molar-refractivity contribution < 1.29 is 22.7 Å². The van der Waals surface area contributed by atoms with Gasteiger partial charge in [0.25, 0.3) is 5.91 Å². The van der Waals surface area contributed by atoms with Gasteiger partial charge in [-0.15, -0.1) is 0 Å². The van der Waals surface area contributed by atoms with Crippen LogP contribution in [-0.4, -0.2) is 51.5 Å². The van der Waals surface area contributed by atoms with Crippen LogP contribution in [0.5, 0.6) is 11.5 Å². The minimum absolute atomic E-state index is 0.157. The molecule has 7 nitrogen and oxygen atoms in total. The Labute approximate surface area is 184 Å². The molecule has 2 aromatic rings. The summed E-state index contributed by atoms with van der Waals surface area (Å²) < 4.78 is 38.4. The SMILES string of the molecule is COc1ccc(OC[C@@H](C)NC(=O)c2cccc(S(=O)(=O)N3CCCCCC3)c2)cc1. The van der Waals surface area contributed by atoms with Gasteiger partial charge in [0.2, 0.25) is 10.0 Å². The third-order valence-corrected chi connectivity index (χ3v) is 7.13. The average Bonchev–Trinajstić information content (AvgIpc) is 3.08. The average molecular weight is 447 g/mol. The smallest absolute Gasteiger partial charge is 0.251 e. The van der Waals surface area contributed by atoms with Crippen molar-refractivity contribution in [3.8, 4) is 11.5 Å². The fourth-order valence-electron chi connectivity index (χ4n) is 3.47. The molecule has 0 aromatic heterocycles. The molecule has 0 aliphatic carbocycles. The van der Waals surface area contributed by atoms with Gasteiger partial charge in [0, 0.05) is 18.7 Å². The third kappa shape index (κ3) is 6.21. The highest BCUT2D eigenvalue weighted by atomic mass is 32.2. The fraction of sp³-hybridized carbons (Fsp3) is 0.435. The topological polar surface area (TPSA) is 84.9 Å². The summed E-state index contributed by atoms with van der Waals surface area (Å²) in [6, 6.07) is 13.2. The number of sulfonamides is 1. The number of carbonyl (C=O) groups excluding carboxylic acids is 1. The molecule has 8 heteroatoms. The molecule has 1 aliphatic rings. The predicted molar refractivity (Wildman–Crippen MR) is 119 cm³/mol. The van der Waals surface area contributed by atoms with E-state index in [0.717, 1.165) is 31.4 Å². The van der Waals surface area contributed by atoms with Crippen molar-refractivity contribution in [1.82, 2.24) is 9.62 Å². The molecule has 0 bridgehead atoms. The van der Waals surface area contributed by atoms with Crippen LogP contribution < -0.4 is 14.8 Å². The van der Waals surface area contributed by atoms with Crippen molar-refractivity contribution in [2.75, 3.05) is 26.8 Å². The first kappa shape index (κ1) is 23.1. The monoisotopic (exact) mass is 446 g/mol. The van der Waals surface area contributed by atoms with E-state index in [9.17, 15) is 13.2 Å². The maximum Gasteiger partial charge on any atom is 0.251 e. The molecule has 1 amide bonds. The molecule has 1 heterocycles. The zero-order valence-electron chi connectivity index (χ0n) is 18.0. The quantitative estimate of drug-likeness (QED) is 0.671. The number of rotatable bonds is 8. The summed E-state index contributed by atoms with van der Waals surface area (Å²) in [6.45, 7) is 3.17. The summed E-state index contributed by atoms with van der Waals surface area (Å²) in [5, 5.41) is 2.86. The summed E-state index contributed by atoms with van der Waals surface area (Å²) in [6.07, 6.45) is 3.83. The number of nitrogens with one attached hydrogen (secondary N) is 1. The van der Waals surface area contributed by atoms with Gasteiger partial charge in [-0.1, -0.05) is 18.9 Å². The summed E-state index contributed by atoms with van der Waals surface area (Å²) in [5.74, 6) is 1.08. The molecular formula is C23H30N2O5S. The van der Waals surface area contributed by atoms with Crippen LogP contribution in [0.2, 0.25) is 0 Å². The number of nitrogens with zero attached hydrogens (tertiary/aromatic N) is 1. The maximum atomic E-state index is 13.0. The highest BCUT2D eigenvalue weighted by Crippen LogP contribution is 2.21. The zero-order valence-corrected chi connectivity index (χ0v) is 18.9. The fourth-order valence-corrected chi connectivity index (χ4v) is 5.03. The number of ether oxygens (including phenoxy) is 2. The maximum absolute atomic E-state index is 13.0. The Kier molecular flexibility index (Phi) is 7.92. The molecule has 0 spiro atoms. The Balaban J connectivity index is 1.61. The second-order valence-electron chi connectivity index (χ2n) is 7.71. The third-order valence-electron chi connectivity index (χ3n) is 5.24. The van der Waals surface area contributed by atoms with E-state index in [0.29, 0.717) is 24.4 Å². The van der Waals surface area contributed by atoms with Gasteiger partial charge < -0.3 is 14.8 Å². The van der Waals surface area contributed by atoms with Crippen molar-refractivity contribution in [1.29, 1.82) is 0 Å². The summed E-state index contributed by atoms with van der Waals surface area (Å²) in [7, 11) is -2.00. The number of hydrogen-bond donors (Lipinski definition) is 1. The first-order chi connectivity index (χ1) is 14.9. The van der Waals surface area contributed by atoms with Gasteiger partial charge in [0.15, 0.2) is 0 Å². The van der Waals surface area contributed by atoms with Gasteiger partial charge in [0.05, 0.1) is 18.0 Å². The van der Waals surface area contributed by atoms with Crippen LogP contribution in [0, 0.1) is 0 Å². The highest BCUT2D eigenvalue weighted by Gasteiger charge is 2.26. The lowest BCUT2D eigenvalue weighted by molar-refractivity contribution is 0.0926. The Bertz CT molecular complexity index is 968. The highest BCUT2D eigenvalue weighted by molar-refractivity contribution is 7.89. The Hall–Kier alpha value is -2.58. The van der Waals surface area contributed by atoms with Crippen LogP contribution in [0.1, 0.15) is 43.0 Å². The molecular weight excluding hydrogens is 416 g/mol. The molecule has 2 aromatic carbocycles. The van der Waals surface area contributed by atoms with Crippen LogP contribution in [-0.2, 0) is 10.0 Å². The molecule has 1 aliphatic heterocycles. The van der Waals surface area contributed by atoms with E-state index in [1.165, 1.54) is 10.4 Å². The van der Waals surface area contributed by atoms with Crippen LogP contribution in [0.4, 0.5) is 0 Å². The first-order valence-corrected chi connectivity index (χ1v) is 12.0. The van der Waals surface area contributed by atoms with Crippen molar-refractivity contribution >= 4 is 15.9 Å².